The number of hydrogen-bond donors (Lipinski definition) is 3. The van der Waals surface area contributed by atoms with Gasteiger partial charge in [-0.15, -0.1) is 0 Å². The molecule has 0 unspecified atom stereocenters. The summed E-state index contributed by atoms with van der Waals surface area (Å²) in [5.74, 6) is 0.946. The molecule has 0 saturated carbocycles. The number of aromatic hydroxyl groups is 2. The van der Waals surface area contributed by atoms with E-state index in [2.05, 4.69) is 0 Å². The van der Waals surface area contributed by atoms with E-state index in [-0.39, 0.29) is 27.9 Å². The Morgan fingerprint density at radius 1 is 0.800 bits per heavy atom. The molecule has 1 heterocycles. The third-order valence-corrected chi connectivity index (χ3v) is 6.51. The van der Waals surface area contributed by atoms with Gasteiger partial charge in [0.05, 0.1) is 7.11 Å². The van der Waals surface area contributed by atoms with Gasteiger partial charge in [-0.3, -0.25) is 4.79 Å². The van der Waals surface area contributed by atoms with E-state index in [0.29, 0.717) is 35.7 Å². The lowest BCUT2D eigenvalue weighted by atomic mass is 10.00. The van der Waals surface area contributed by atoms with Gasteiger partial charge >= 0.3 is 0 Å². The number of aliphatic hydroxyl groups is 1. The SMILES string of the molecule is COc1cc2oc(-c3ccc(O)cc3)cc(=O)c2c(O)c1CCCCCCCCCCCCCO. The largest absolute Gasteiger partial charge is 0.508 e. The average Bonchev–Trinajstić information content (AvgIpc) is 2.85. The number of aliphatic hydroxyl groups excluding tert-OH is 1. The minimum absolute atomic E-state index is 0.0634. The molecule has 3 N–H and O–H groups in total. The summed E-state index contributed by atoms with van der Waals surface area (Å²) in [6.07, 6.45) is 13.3. The van der Waals surface area contributed by atoms with Crippen LogP contribution in [-0.2, 0) is 6.42 Å². The highest BCUT2D eigenvalue weighted by molar-refractivity contribution is 5.88. The van der Waals surface area contributed by atoms with Gasteiger partial charge in [-0.05, 0) is 43.5 Å². The Labute approximate surface area is 207 Å². The molecular weight excluding hydrogens is 444 g/mol. The minimum atomic E-state index is -0.313. The summed E-state index contributed by atoms with van der Waals surface area (Å²) in [5.41, 5.74) is 1.26. The first-order chi connectivity index (χ1) is 17.0. The quantitative estimate of drug-likeness (QED) is 0.208. The van der Waals surface area contributed by atoms with Crippen LogP contribution in [0.25, 0.3) is 22.3 Å². The zero-order chi connectivity index (χ0) is 25.0. The van der Waals surface area contributed by atoms with Gasteiger partial charge in [0.2, 0.25) is 0 Å². The first-order valence-electron chi connectivity index (χ1n) is 12.8. The molecule has 0 aliphatic heterocycles. The van der Waals surface area contributed by atoms with E-state index in [1.165, 1.54) is 56.7 Å². The van der Waals surface area contributed by atoms with Crippen molar-refractivity contribution in [2.45, 2.75) is 77.0 Å². The number of methoxy groups -OCH3 is 1. The Hall–Kier alpha value is -2.99. The van der Waals surface area contributed by atoms with E-state index in [1.807, 2.05) is 0 Å². The second kappa shape index (κ2) is 13.8. The Morgan fingerprint density at radius 2 is 1.37 bits per heavy atom. The molecule has 190 valence electrons. The molecule has 35 heavy (non-hydrogen) atoms. The molecule has 0 atom stereocenters. The van der Waals surface area contributed by atoms with E-state index in [1.54, 1.807) is 25.3 Å². The summed E-state index contributed by atoms with van der Waals surface area (Å²) < 4.78 is 11.5. The topological polar surface area (TPSA) is 100 Å². The number of unbranched alkanes of at least 4 members (excludes halogenated alkanes) is 10. The fraction of sp³-hybridized carbons (Fsp3) is 0.483. The van der Waals surface area contributed by atoms with Gasteiger partial charge in [-0.1, -0.05) is 57.8 Å². The second-order valence-corrected chi connectivity index (χ2v) is 9.16. The standard InChI is InChI=1S/C29H38O6/c1-34-26-20-27-28(24(32)19-25(35-27)21-14-16-22(31)17-15-21)29(33)23(26)13-11-9-7-5-3-2-4-6-8-10-12-18-30/h14-17,19-20,30-31,33H,2-13,18H2,1H3. The van der Waals surface area contributed by atoms with Crippen LogP contribution in [0.5, 0.6) is 17.2 Å². The van der Waals surface area contributed by atoms with Gasteiger partial charge in [0.25, 0.3) is 0 Å². The van der Waals surface area contributed by atoms with E-state index in [9.17, 15) is 15.0 Å². The van der Waals surface area contributed by atoms with Crippen molar-refractivity contribution < 1.29 is 24.5 Å². The number of phenols is 2. The molecule has 3 rings (SSSR count). The van der Waals surface area contributed by atoms with Crippen molar-refractivity contribution in [2.75, 3.05) is 13.7 Å². The Bertz CT molecular complexity index is 1120. The van der Waals surface area contributed by atoms with Gasteiger partial charge in [0.1, 0.15) is 34.0 Å². The average molecular weight is 483 g/mol. The van der Waals surface area contributed by atoms with Crippen molar-refractivity contribution in [3.05, 3.63) is 52.2 Å². The van der Waals surface area contributed by atoms with Gasteiger partial charge in [-0.2, -0.15) is 0 Å². The number of ether oxygens (including phenoxy) is 1. The maximum Gasteiger partial charge on any atom is 0.197 e. The van der Waals surface area contributed by atoms with Crippen LogP contribution >= 0.6 is 0 Å². The van der Waals surface area contributed by atoms with Crippen LogP contribution in [0.2, 0.25) is 0 Å². The highest BCUT2D eigenvalue weighted by Crippen LogP contribution is 2.37. The van der Waals surface area contributed by atoms with E-state index in [0.717, 1.165) is 32.1 Å². The highest BCUT2D eigenvalue weighted by Gasteiger charge is 2.18. The number of fused-ring (bicyclic) bond motifs is 1. The van der Waals surface area contributed by atoms with Gasteiger partial charge < -0.3 is 24.5 Å². The molecule has 0 amide bonds. The third-order valence-electron chi connectivity index (χ3n) is 6.51. The van der Waals surface area contributed by atoms with Crippen LogP contribution in [0.3, 0.4) is 0 Å². The maximum absolute atomic E-state index is 12.9. The number of hydrogen-bond acceptors (Lipinski definition) is 6. The smallest absolute Gasteiger partial charge is 0.197 e. The fourth-order valence-corrected chi connectivity index (χ4v) is 4.52. The molecule has 0 bridgehead atoms. The number of phenolic OH excluding ortho intramolecular Hbond substituents is 2. The maximum atomic E-state index is 12.9. The normalized spacial score (nSPS) is 11.3. The predicted molar refractivity (Wildman–Crippen MR) is 139 cm³/mol. The fourth-order valence-electron chi connectivity index (χ4n) is 4.52. The molecule has 0 fully saturated rings. The van der Waals surface area contributed by atoms with E-state index in [4.69, 9.17) is 14.3 Å². The highest BCUT2D eigenvalue weighted by atomic mass is 16.5. The van der Waals surface area contributed by atoms with Gasteiger partial charge in [-0.25, -0.2) is 0 Å². The van der Waals surface area contributed by atoms with Crippen LogP contribution in [-0.4, -0.2) is 29.0 Å². The van der Waals surface area contributed by atoms with Crippen molar-refractivity contribution in [3.63, 3.8) is 0 Å². The number of rotatable bonds is 15. The van der Waals surface area contributed by atoms with Gasteiger partial charge in [0.15, 0.2) is 5.43 Å². The van der Waals surface area contributed by atoms with E-state index < -0.39 is 0 Å². The first-order valence-corrected chi connectivity index (χ1v) is 12.8. The Morgan fingerprint density at radius 3 is 1.94 bits per heavy atom. The Kier molecular flexibility index (Phi) is 10.5. The zero-order valence-corrected chi connectivity index (χ0v) is 20.7. The summed E-state index contributed by atoms with van der Waals surface area (Å²) in [4.78, 5) is 12.9. The molecule has 0 aliphatic carbocycles. The van der Waals surface area contributed by atoms with E-state index >= 15 is 0 Å². The van der Waals surface area contributed by atoms with Gasteiger partial charge in [0, 0.05) is 29.9 Å². The van der Waals surface area contributed by atoms with Crippen molar-refractivity contribution >= 4 is 11.0 Å². The lowest BCUT2D eigenvalue weighted by Crippen LogP contribution is -2.04. The molecule has 0 radical (unpaired) electrons. The third kappa shape index (κ3) is 7.49. The molecule has 0 spiro atoms. The predicted octanol–water partition coefficient (Wildman–Crippen LogP) is 6.71. The van der Waals surface area contributed by atoms with Crippen LogP contribution in [0, 0.1) is 0 Å². The summed E-state index contributed by atoms with van der Waals surface area (Å²) in [6.45, 7) is 0.304. The molecule has 1 aromatic heterocycles. The zero-order valence-electron chi connectivity index (χ0n) is 20.7. The van der Waals surface area contributed by atoms with Crippen molar-refractivity contribution in [1.29, 1.82) is 0 Å². The summed E-state index contributed by atoms with van der Waals surface area (Å²) in [6, 6.07) is 9.45. The lowest BCUT2D eigenvalue weighted by molar-refractivity contribution is 0.282. The molecule has 3 aromatic rings. The summed E-state index contributed by atoms with van der Waals surface area (Å²) >= 11 is 0. The van der Waals surface area contributed by atoms with Crippen LogP contribution in [0.1, 0.15) is 76.2 Å². The molecular formula is C29H38O6. The summed E-state index contributed by atoms with van der Waals surface area (Å²) in [5, 5.41) is 29.4. The molecule has 2 aromatic carbocycles. The monoisotopic (exact) mass is 482 g/mol. The van der Waals surface area contributed by atoms with Crippen LogP contribution < -0.4 is 10.2 Å². The lowest BCUT2D eigenvalue weighted by Gasteiger charge is -2.13. The van der Waals surface area contributed by atoms with Crippen molar-refractivity contribution in [2.24, 2.45) is 0 Å². The number of benzene rings is 2. The van der Waals surface area contributed by atoms with Crippen molar-refractivity contribution in [1.82, 2.24) is 0 Å². The Balaban J connectivity index is 1.56. The molecule has 6 nitrogen and oxygen atoms in total. The van der Waals surface area contributed by atoms with Crippen LogP contribution in [0.15, 0.2) is 45.6 Å². The van der Waals surface area contributed by atoms with Crippen LogP contribution in [0.4, 0.5) is 0 Å². The second-order valence-electron chi connectivity index (χ2n) is 9.16. The summed E-state index contributed by atoms with van der Waals surface area (Å²) in [7, 11) is 1.55. The molecule has 0 saturated heterocycles. The minimum Gasteiger partial charge on any atom is -0.508 e. The van der Waals surface area contributed by atoms with Crippen molar-refractivity contribution in [3.8, 4) is 28.6 Å². The molecule has 6 heteroatoms. The molecule has 0 aliphatic rings. The first kappa shape index (κ1) is 26.6.